The Labute approximate surface area is 174 Å². The van der Waals surface area contributed by atoms with Gasteiger partial charge in [-0.2, -0.15) is 5.10 Å². The minimum absolute atomic E-state index is 0.251. The Morgan fingerprint density at radius 3 is 2.53 bits per heavy atom. The van der Waals surface area contributed by atoms with Crippen molar-refractivity contribution in [3.05, 3.63) is 78.2 Å². The van der Waals surface area contributed by atoms with Gasteiger partial charge in [-0.05, 0) is 24.6 Å². The minimum atomic E-state index is -0.383. The molecule has 0 spiro atoms. The second-order valence-electron chi connectivity index (χ2n) is 7.14. The molecule has 2 heterocycles. The first-order valence-electron chi connectivity index (χ1n) is 10.2. The molecule has 0 atom stereocenters. The molecule has 30 heavy (non-hydrogen) atoms. The van der Waals surface area contributed by atoms with Gasteiger partial charge in [0.15, 0.2) is 5.65 Å². The van der Waals surface area contributed by atoms with Crippen LogP contribution in [0.5, 0.6) is 0 Å². The Morgan fingerprint density at radius 2 is 1.77 bits per heavy atom. The smallest absolute Gasteiger partial charge is 0.270 e. The number of aromatic nitrogens is 3. The monoisotopic (exact) mass is 402 g/mol. The van der Waals surface area contributed by atoms with E-state index in [9.17, 15) is 9.18 Å². The third kappa shape index (κ3) is 4.08. The van der Waals surface area contributed by atoms with Gasteiger partial charge in [-0.3, -0.25) is 4.79 Å². The molecule has 4 aromatic rings. The first-order chi connectivity index (χ1) is 14.7. The van der Waals surface area contributed by atoms with Crippen LogP contribution in [0.4, 0.5) is 4.39 Å². The van der Waals surface area contributed by atoms with Crippen molar-refractivity contribution in [3.63, 3.8) is 0 Å². The zero-order valence-corrected chi connectivity index (χ0v) is 16.8. The van der Waals surface area contributed by atoms with Crippen molar-refractivity contribution in [1.29, 1.82) is 0 Å². The van der Waals surface area contributed by atoms with Crippen molar-refractivity contribution in [3.8, 4) is 22.5 Å². The van der Waals surface area contributed by atoms with E-state index >= 15 is 0 Å². The number of rotatable bonds is 7. The lowest BCUT2D eigenvalue weighted by Gasteiger charge is -2.09. The summed E-state index contributed by atoms with van der Waals surface area (Å²) in [5.41, 5.74) is 3.20. The normalized spacial score (nSPS) is 11.0. The number of benzene rings is 2. The zero-order valence-electron chi connectivity index (χ0n) is 16.8. The van der Waals surface area contributed by atoms with Crippen LogP contribution < -0.4 is 5.32 Å². The van der Waals surface area contributed by atoms with Gasteiger partial charge < -0.3 is 5.32 Å². The summed E-state index contributed by atoms with van der Waals surface area (Å²) < 4.78 is 15.9. The van der Waals surface area contributed by atoms with Crippen LogP contribution in [0.25, 0.3) is 28.2 Å². The maximum atomic E-state index is 14.4. The predicted octanol–water partition coefficient (Wildman–Crippen LogP) is 5.12. The minimum Gasteiger partial charge on any atom is -0.351 e. The molecule has 0 aliphatic heterocycles. The van der Waals surface area contributed by atoms with E-state index in [1.165, 1.54) is 10.6 Å². The van der Waals surface area contributed by atoms with Crippen molar-refractivity contribution in [1.82, 2.24) is 19.9 Å². The second-order valence-corrected chi connectivity index (χ2v) is 7.14. The summed E-state index contributed by atoms with van der Waals surface area (Å²) in [6.07, 6.45) is 3.03. The van der Waals surface area contributed by atoms with Gasteiger partial charge in [-0.25, -0.2) is 13.9 Å². The van der Waals surface area contributed by atoms with Gasteiger partial charge in [0, 0.05) is 23.7 Å². The Balaban J connectivity index is 1.80. The fourth-order valence-corrected chi connectivity index (χ4v) is 3.36. The molecule has 0 bridgehead atoms. The van der Waals surface area contributed by atoms with E-state index in [0.29, 0.717) is 34.8 Å². The SMILES string of the molecule is CCCCCNC(=O)c1cc(-c2ccccc2F)nc2cc(-c3ccccc3)nn12. The summed E-state index contributed by atoms with van der Waals surface area (Å²) in [7, 11) is 0. The fourth-order valence-electron chi connectivity index (χ4n) is 3.36. The highest BCUT2D eigenvalue weighted by Crippen LogP contribution is 2.25. The van der Waals surface area contributed by atoms with Gasteiger partial charge in [0.1, 0.15) is 11.5 Å². The molecule has 0 aliphatic rings. The molecule has 0 fully saturated rings. The summed E-state index contributed by atoms with van der Waals surface area (Å²) in [6.45, 7) is 2.70. The van der Waals surface area contributed by atoms with Crippen LogP contribution in [0.15, 0.2) is 66.7 Å². The molecule has 0 saturated heterocycles. The van der Waals surface area contributed by atoms with Crippen molar-refractivity contribution in [2.45, 2.75) is 26.2 Å². The maximum Gasteiger partial charge on any atom is 0.270 e. The molecular weight excluding hydrogens is 379 g/mol. The third-order valence-electron chi connectivity index (χ3n) is 4.95. The predicted molar refractivity (Wildman–Crippen MR) is 116 cm³/mol. The summed E-state index contributed by atoms with van der Waals surface area (Å²) in [5.74, 6) is -0.634. The number of hydrogen-bond donors (Lipinski definition) is 1. The first-order valence-corrected chi connectivity index (χ1v) is 10.2. The Bertz CT molecular complexity index is 1170. The molecule has 0 aliphatic carbocycles. The number of carbonyl (C=O) groups excluding carboxylic acids is 1. The van der Waals surface area contributed by atoms with Gasteiger partial charge in [-0.1, -0.05) is 62.2 Å². The summed E-state index contributed by atoms with van der Waals surface area (Å²) >= 11 is 0. The number of nitrogens with zero attached hydrogens (tertiary/aromatic N) is 3. The average Bonchev–Trinajstić information content (AvgIpc) is 3.21. The number of fused-ring (bicyclic) bond motifs is 1. The fraction of sp³-hybridized carbons (Fsp3) is 0.208. The second kappa shape index (κ2) is 8.86. The Hall–Kier alpha value is -3.54. The van der Waals surface area contributed by atoms with E-state index in [-0.39, 0.29) is 11.7 Å². The van der Waals surface area contributed by atoms with Crippen LogP contribution >= 0.6 is 0 Å². The molecule has 2 aromatic carbocycles. The number of halogens is 1. The van der Waals surface area contributed by atoms with Gasteiger partial charge in [0.25, 0.3) is 5.91 Å². The molecule has 1 amide bonds. The van der Waals surface area contributed by atoms with E-state index < -0.39 is 0 Å². The molecule has 0 saturated carbocycles. The molecule has 0 radical (unpaired) electrons. The van der Waals surface area contributed by atoms with E-state index in [1.807, 2.05) is 36.4 Å². The van der Waals surface area contributed by atoms with Crippen LogP contribution in [0, 0.1) is 5.82 Å². The quantitative estimate of drug-likeness (QED) is 0.436. The standard InChI is InChI=1S/C24H23FN4O/c1-2-3-9-14-26-24(30)22-15-21(18-12-7-8-13-19(18)25)27-23-16-20(28-29(22)23)17-10-5-4-6-11-17/h4-8,10-13,15-16H,2-3,9,14H2,1H3,(H,26,30). The lowest BCUT2D eigenvalue weighted by atomic mass is 10.1. The van der Waals surface area contributed by atoms with E-state index in [0.717, 1.165) is 24.8 Å². The van der Waals surface area contributed by atoms with Crippen LogP contribution in [-0.2, 0) is 0 Å². The molecule has 6 heteroatoms. The van der Waals surface area contributed by atoms with Crippen LogP contribution in [0.2, 0.25) is 0 Å². The van der Waals surface area contributed by atoms with E-state index in [2.05, 4.69) is 22.3 Å². The molecule has 0 unspecified atom stereocenters. The van der Waals surface area contributed by atoms with E-state index in [4.69, 9.17) is 0 Å². The van der Waals surface area contributed by atoms with E-state index in [1.54, 1.807) is 24.3 Å². The Morgan fingerprint density at radius 1 is 1.00 bits per heavy atom. The Kier molecular flexibility index (Phi) is 5.84. The summed E-state index contributed by atoms with van der Waals surface area (Å²) in [4.78, 5) is 17.5. The number of carbonyl (C=O) groups is 1. The zero-order chi connectivity index (χ0) is 20.9. The molecule has 5 nitrogen and oxygen atoms in total. The highest BCUT2D eigenvalue weighted by Gasteiger charge is 2.18. The molecular formula is C24H23FN4O. The number of unbranched alkanes of at least 4 members (excludes halogenated alkanes) is 2. The van der Waals surface area contributed by atoms with Crippen molar-refractivity contribution in [2.75, 3.05) is 6.54 Å². The topological polar surface area (TPSA) is 59.3 Å². The van der Waals surface area contributed by atoms with Gasteiger partial charge >= 0.3 is 0 Å². The van der Waals surface area contributed by atoms with Gasteiger partial charge in [-0.15, -0.1) is 0 Å². The number of nitrogens with one attached hydrogen (secondary N) is 1. The maximum absolute atomic E-state index is 14.4. The van der Waals surface area contributed by atoms with Crippen LogP contribution in [0.1, 0.15) is 36.7 Å². The molecule has 2 aromatic heterocycles. The number of hydrogen-bond acceptors (Lipinski definition) is 3. The number of amides is 1. The average molecular weight is 402 g/mol. The first kappa shape index (κ1) is 19.8. The lowest BCUT2D eigenvalue weighted by molar-refractivity contribution is 0.0945. The highest BCUT2D eigenvalue weighted by molar-refractivity contribution is 5.94. The highest BCUT2D eigenvalue weighted by atomic mass is 19.1. The van der Waals surface area contributed by atoms with Crippen molar-refractivity contribution < 1.29 is 9.18 Å². The van der Waals surface area contributed by atoms with Crippen molar-refractivity contribution in [2.24, 2.45) is 0 Å². The molecule has 4 rings (SSSR count). The third-order valence-corrected chi connectivity index (χ3v) is 4.95. The lowest BCUT2D eigenvalue weighted by Crippen LogP contribution is -2.27. The molecule has 1 N–H and O–H groups in total. The van der Waals surface area contributed by atoms with Crippen molar-refractivity contribution >= 4 is 11.6 Å². The molecule has 152 valence electrons. The van der Waals surface area contributed by atoms with Gasteiger partial charge in [0.05, 0.1) is 11.4 Å². The summed E-state index contributed by atoms with van der Waals surface area (Å²) in [6, 6.07) is 19.5. The largest absolute Gasteiger partial charge is 0.351 e. The van der Waals surface area contributed by atoms with Gasteiger partial charge in [0.2, 0.25) is 0 Å². The van der Waals surface area contributed by atoms with Crippen LogP contribution in [0.3, 0.4) is 0 Å². The summed E-state index contributed by atoms with van der Waals surface area (Å²) in [5, 5.41) is 7.55. The van der Waals surface area contributed by atoms with Crippen LogP contribution in [-0.4, -0.2) is 27.0 Å².